The van der Waals surface area contributed by atoms with Crippen molar-refractivity contribution in [2.75, 3.05) is 19.7 Å². The van der Waals surface area contributed by atoms with Gasteiger partial charge in [-0.2, -0.15) is 0 Å². The second-order valence-corrected chi connectivity index (χ2v) is 7.59. The standard InChI is InChI=1S/C16H21N3O3S/c1-10-13(22-9-17-10)15(20)19-5-6-21-11(7-19)14-18-12(8-23-14)16(2,3)4/h8-9,11H,5-7H2,1-4H3. The second-order valence-electron chi connectivity index (χ2n) is 6.70. The Labute approximate surface area is 139 Å². The lowest BCUT2D eigenvalue weighted by molar-refractivity contribution is -0.0239. The van der Waals surface area contributed by atoms with Crippen molar-refractivity contribution in [3.05, 3.63) is 33.9 Å². The van der Waals surface area contributed by atoms with E-state index < -0.39 is 0 Å². The largest absolute Gasteiger partial charge is 0.438 e. The summed E-state index contributed by atoms with van der Waals surface area (Å²) in [6.07, 6.45) is 1.12. The molecule has 0 saturated carbocycles. The van der Waals surface area contributed by atoms with Crippen LogP contribution >= 0.6 is 11.3 Å². The Bertz CT molecular complexity index is 701. The summed E-state index contributed by atoms with van der Waals surface area (Å²) in [7, 11) is 0. The highest BCUT2D eigenvalue weighted by molar-refractivity contribution is 7.09. The molecular formula is C16H21N3O3S. The van der Waals surface area contributed by atoms with Crippen LogP contribution in [-0.2, 0) is 10.2 Å². The summed E-state index contributed by atoms with van der Waals surface area (Å²) >= 11 is 1.59. The quantitative estimate of drug-likeness (QED) is 0.844. The van der Waals surface area contributed by atoms with E-state index in [4.69, 9.17) is 14.1 Å². The lowest BCUT2D eigenvalue weighted by Crippen LogP contribution is -2.42. The molecule has 0 aliphatic carbocycles. The van der Waals surface area contributed by atoms with Crippen LogP contribution in [0.5, 0.6) is 0 Å². The van der Waals surface area contributed by atoms with E-state index in [0.717, 1.165) is 10.7 Å². The number of aromatic nitrogens is 2. The molecule has 0 bridgehead atoms. The number of oxazole rings is 1. The molecule has 124 valence electrons. The van der Waals surface area contributed by atoms with E-state index in [9.17, 15) is 4.79 Å². The smallest absolute Gasteiger partial charge is 0.291 e. The first-order chi connectivity index (χ1) is 10.9. The molecule has 23 heavy (non-hydrogen) atoms. The number of thiazole rings is 1. The molecule has 3 heterocycles. The van der Waals surface area contributed by atoms with E-state index in [1.54, 1.807) is 23.2 Å². The molecule has 1 fully saturated rings. The Kier molecular flexibility index (Phi) is 4.25. The Morgan fingerprint density at radius 3 is 2.83 bits per heavy atom. The van der Waals surface area contributed by atoms with Crippen molar-refractivity contribution in [3.8, 4) is 0 Å². The molecule has 0 radical (unpaired) electrons. The first kappa shape index (κ1) is 16.1. The summed E-state index contributed by atoms with van der Waals surface area (Å²) in [5.41, 5.74) is 1.67. The fourth-order valence-electron chi connectivity index (χ4n) is 2.41. The van der Waals surface area contributed by atoms with Gasteiger partial charge in [0.1, 0.15) is 11.1 Å². The van der Waals surface area contributed by atoms with Gasteiger partial charge in [-0.3, -0.25) is 4.79 Å². The van der Waals surface area contributed by atoms with Crippen LogP contribution in [0.2, 0.25) is 0 Å². The van der Waals surface area contributed by atoms with Gasteiger partial charge in [0.2, 0.25) is 5.76 Å². The third kappa shape index (κ3) is 3.30. The number of nitrogens with zero attached hydrogens (tertiary/aromatic N) is 3. The molecule has 1 saturated heterocycles. The highest BCUT2D eigenvalue weighted by atomic mass is 32.1. The van der Waals surface area contributed by atoms with Gasteiger partial charge < -0.3 is 14.1 Å². The number of morpholine rings is 1. The number of ether oxygens (including phenoxy) is 1. The monoisotopic (exact) mass is 335 g/mol. The lowest BCUT2D eigenvalue weighted by Gasteiger charge is -2.31. The molecule has 7 heteroatoms. The van der Waals surface area contributed by atoms with E-state index >= 15 is 0 Å². The topological polar surface area (TPSA) is 68.5 Å². The minimum Gasteiger partial charge on any atom is -0.438 e. The maximum absolute atomic E-state index is 12.5. The lowest BCUT2D eigenvalue weighted by atomic mass is 9.93. The third-order valence-electron chi connectivity index (χ3n) is 3.86. The summed E-state index contributed by atoms with van der Waals surface area (Å²) in [5.74, 6) is 0.168. The fourth-order valence-corrected chi connectivity index (χ4v) is 3.50. The Morgan fingerprint density at radius 2 is 2.22 bits per heavy atom. The van der Waals surface area contributed by atoms with Crippen LogP contribution in [0.4, 0.5) is 0 Å². The van der Waals surface area contributed by atoms with E-state index in [-0.39, 0.29) is 17.4 Å². The van der Waals surface area contributed by atoms with Crippen molar-refractivity contribution in [3.63, 3.8) is 0 Å². The van der Waals surface area contributed by atoms with E-state index in [1.807, 2.05) is 0 Å². The maximum atomic E-state index is 12.5. The molecule has 2 aromatic heterocycles. The summed E-state index contributed by atoms with van der Waals surface area (Å²) in [4.78, 5) is 23.0. The molecule has 1 aliphatic rings. The molecule has 6 nitrogen and oxygen atoms in total. The van der Waals surface area contributed by atoms with E-state index in [2.05, 4.69) is 31.1 Å². The van der Waals surface area contributed by atoms with Crippen LogP contribution < -0.4 is 0 Å². The first-order valence-electron chi connectivity index (χ1n) is 7.63. The fraction of sp³-hybridized carbons (Fsp3) is 0.562. The zero-order valence-electron chi connectivity index (χ0n) is 13.8. The van der Waals surface area contributed by atoms with Gasteiger partial charge in [-0.25, -0.2) is 9.97 Å². The van der Waals surface area contributed by atoms with Crippen molar-refractivity contribution >= 4 is 17.2 Å². The normalized spacial score (nSPS) is 19.1. The summed E-state index contributed by atoms with van der Waals surface area (Å²) < 4.78 is 11.0. The van der Waals surface area contributed by atoms with Crippen molar-refractivity contribution in [2.24, 2.45) is 0 Å². The van der Waals surface area contributed by atoms with Crippen LogP contribution in [0.15, 0.2) is 16.2 Å². The van der Waals surface area contributed by atoms with Crippen molar-refractivity contribution in [1.82, 2.24) is 14.9 Å². The molecule has 1 amide bonds. The number of amides is 1. The van der Waals surface area contributed by atoms with Gasteiger partial charge in [-0.1, -0.05) is 20.8 Å². The molecule has 0 aromatic carbocycles. The average molecular weight is 335 g/mol. The number of carbonyl (C=O) groups is 1. The van der Waals surface area contributed by atoms with Gasteiger partial charge in [0.25, 0.3) is 5.91 Å². The number of hydrogen-bond acceptors (Lipinski definition) is 6. The van der Waals surface area contributed by atoms with E-state index in [0.29, 0.717) is 31.2 Å². The average Bonchev–Trinajstić information content (AvgIpc) is 3.15. The van der Waals surface area contributed by atoms with Crippen LogP contribution in [0.25, 0.3) is 0 Å². The Morgan fingerprint density at radius 1 is 1.43 bits per heavy atom. The highest BCUT2D eigenvalue weighted by Crippen LogP contribution is 2.30. The van der Waals surface area contributed by atoms with Crippen LogP contribution in [0, 0.1) is 6.92 Å². The third-order valence-corrected chi connectivity index (χ3v) is 4.80. The van der Waals surface area contributed by atoms with Crippen molar-refractivity contribution < 1.29 is 13.9 Å². The zero-order chi connectivity index (χ0) is 16.6. The predicted molar refractivity (Wildman–Crippen MR) is 86.7 cm³/mol. The van der Waals surface area contributed by atoms with Gasteiger partial charge in [-0.05, 0) is 6.92 Å². The summed E-state index contributed by atoms with van der Waals surface area (Å²) in [5, 5.41) is 2.99. The Balaban J connectivity index is 1.75. The van der Waals surface area contributed by atoms with Gasteiger partial charge >= 0.3 is 0 Å². The number of aryl methyl sites for hydroxylation is 1. The molecule has 0 N–H and O–H groups in total. The maximum Gasteiger partial charge on any atom is 0.291 e. The van der Waals surface area contributed by atoms with Crippen molar-refractivity contribution in [2.45, 2.75) is 39.2 Å². The van der Waals surface area contributed by atoms with Crippen LogP contribution in [-0.4, -0.2) is 40.5 Å². The second kappa shape index (κ2) is 6.05. The van der Waals surface area contributed by atoms with Gasteiger partial charge in [-0.15, -0.1) is 11.3 Å². The minimum atomic E-state index is -0.183. The number of rotatable bonds is 2. The molecule has 1 atom stereocenters. The molecular weight excluding hydrogens is 314 g/mol. The molecule has 3 rings (SSSR count). The molecule has 2 aromatic rings. The zero-order valence-corrected chi connectivity index (χ0v) is 14.6. The van der Waals surface area contributed by atoms with Gasteiger partial charge in [0.15, 0.2) is 6.39 Å². The van der Waals surface area contributed by atoms with Crippen LogP contribution in [0.1, 0.15) is 53.8 Å². The molecule has 0 spiro atoms. The highest BCUT2D eigenvalue weighted by Gasteiger charge is 2.31. The van der Waals surface area contributed by atoms with E-state index in [1.165, 1.54) is 6.39 Å². The van der Waals surface area contributed by atoms with Gasteiger partial charge in [0.05, 0.1) is 24.5 Å². The molecule has 1 unspecified atom stereocenters. The summed E-state index contributed by atoms with van der Waals surface area (Å²) in [6, 6.07) is 0. The molecule has 1 aliphatic heterocycles. The minimum absolute atomic E-state index is 0.00980. The number of hydrogen-bond donors (Lipinski definition) is 0. The predicted octanol–water partition coefficient (Wildman–Crippen LogP) is 2.95. The SMILES string of the molecule is Cc1ncoc1C(=O)N1CCOC(c2nc(C(C)(C)C)cs2)C1. The first-order valence-corrected chi connectivity index (χ1v) is 8.51. The summed E-state index contributed by atoms with van der Waals surface area (Å²) in [6.45, 7) is 9.70. The Hall–Kier alpha value is -1.73. The van der Waals surface area contributed by atoms with Crippen molar-refractivity contribution in [1.29, 1.82) is 0 Å². The number of carbonyl (C=O) groups excluding carboxylic acids is 1. The van der Waals surface area contributed by atoms with Gasteiger partial charge in [0, 0.05) is 17.3 Å². The van der Waals surface area contributed by atoms with Crippen LogP contribution in [0.3, 0.4) is 0 Å².